The van der Waals surface area contributed by atoms with Gasteiger partial charge in [0.15, 0.2) is 0 Å². The number of benzene rings is 2. The maximum Gasteiger partial charge on any atom is 0.142 e. The van der Waals surface area contributed by atoms with E-state index in [4.69, 9.17) is 4.74 Å². The van der Waals surface area contributed by atoms with Gasteiger partial charge in [0.05, 0.1) is 12.8 Å². The van der Waals surface area contributed by atoms with Crippen molar-refractivity contribution in [3.05, 3.63) is 54.3 Å². The Labute approximate surface area is 149 Å². The summed E-state index contributed by atoms with van der Waals surface area (Å²) in [5, 5.41) is 3.34. The van der Waals surface area contributed by atoms with Gasteiger partial charge in [0, 0.05) is 38.4 Å². The lowest BCUT2D eigenvalue weighted by molar-refractivity contribution is 0.256. The van der Waals surface area contributed by atoms with Gasteiger partial charge in [-0.3, -0.25) is 4.90 Å². The SMILES string of the molecule is COc1ccccc1N1CCN(CCCNc2ccc(F)cc2)CC1. The van der Waals surface area contributed by atoms with E-state index in [9.17, 15) is 4.39 Å². The first-order chi connectivity index (χ1) is 12.3. The van der Waals surface area contributed by atoms with Crippen LogP contribution in [0.4, 0.5) is 15.8 Å². The number of ether oxygens (including phenoxy) is 1. The van der Waals surface area contributed by atoms with E-state index in [1.54, 1.807) is 19.2 Å². The summed E-state index contributed by atoms with van der Waals surface area (Å²) in [6.45, 7) is 6.15. The number of hydrogen-bond donors (Lipinski definition) is 1. The summed E-state index contributed by atoms with van der Waals surface area (Å²) < 4.78 is 18.3. The molecular formula is C20H26FN3O. The van der Waals surface area contributed by atoms with Gasteiger partial charge in [0.2, 0.25) is 0 Å². The van der Waals surface area contributed by atoms with Crippen LogP contribution >= 0.6 is 0 Å². The van der Waals surface area contributed by atoms with E-state index in [-0.39, 0.29) is 5.82 Å². The first-order valence-electron chi connectivity index (χ1n) is 8.86. The number of para-hydroxylation sites is 2. The van der Waals surface area contributed by atoms with Crippen LogP contribution in [0.3, 0.4) is 0 Å². The molecule has 2 aromatic rings. The molecule has 0 aromatic heterocycles. The molecule has 1 aliphatic heterocycles. The van der Waals surface area contributed by atoms with Gasteiger partial charge in [-0.15, -0.1) is 0 Å². The Morgan fingerprint density at radius 1 is 1.00 bits per heavy atom. The molecule has 1 aliphatic rings. The second kappa shape index (κ2) is 8.72. The van der Waals surface area contributed by atoms with E-state index in [1.807, 2.05) is 12.1 Å². The van der Waals surface area contributed by atoms with Crippen LogP contribution in [0.2, 0.25) is 0 Å². The number of nitrogens with one attached hydrogen (secondary N) is 1. The number of nitrogens with zero attached hydrogens (tertiary/aromatic N) is 2. The predicted octanol–water partition coefficient (Wildman–Crippen LogP) is 3.46. The van der Waals surface area contributed by atoms with E-state index >= 15 is 0 Å². The number of halogens is 1. The van der Waals surface area contributed by atoms with Crippen LogP contribution in [0.25, 0.3) is 0 Å². The second-order valence-corrected chi connectivity index (χ2v) is 6.29. The van der Waals surface area contributed by atoms with Crippen LogP contribution in [0.5, 0.6) is 5.75 Å². The van der Waals surface area contributed by atoms with Gasteiger partial charge in [0.1, 0.15) is 11.6 Å². The Kier molecular flexibility index (Phi) is 6.12. The molecule has 0 spiro atoms. The van der Waals surface area contributed by atoms with Gasteiger partial charge in [0.25, 0.3) is 0 Å². The third-order valence-corrected chi connectivity index (χ3v) is 4.62. The summed E-state index contributed by atoms with van der Waals surface area (Å²) >= 11 is 0. The molecule has 25 heavy (non-hydrogen) atoms. The molecule has 0 unspecified atom stereocenters. The number of anilines is 2. The van der Waals surface area contributed by atoms with E-state index < -0.39 is 0 Å². The Hall–Kier alpha value is -2.27. The van der Waals surface area contributed by atoms with Crippen molar-refractivity contribution in [2.45, 2.75) is 6.42 Å². The molecule has 1 saturated heterocycles. The average Bonchev–Trinajstić information content (AvgIpc) is 2.67. The molecule has 5 heteroatoms. The van der Waals surface area contributed by atoms with Crippen molar-refractivity contribution in [1.82, 2.24) is 4.90 Å². The van der Waals surface area contributed by atoms with Gasteiger partial charge in [-0.05, 0) is 49.4 Å². The van der Waals surface area contributed by atoms with Crippen molar-refractivity contribution in [2.75, 3.05) is 56.6 Å². The summed E-state index contributed by atoms with van der Waals surface area (Å²) in [5.41, 5.74) is 2.16. The zero-order valence-corrected chi connectivity index (χ0v) is 14.7. The molecule has 0 saturated carbocycles. The zero-order chi connectivity index (χ0) is 17.5. The average molecular weight is 343 g/mol. The minimum Gasteiger partial charge on any atom is -0.495 e. The van der Waals surface area contributed by atoms with Gasteiger partial charge >= 0.3 is 0 Å². The van der Waals surface area contributed by atoms with Crippen molar-refractivity contribution in [3.63, 3.8) is 0 Å². The summed E-state index contributed by atoms with van der Waals surface area (Å²) in [7, 11) is 1.73. The van der Waals surface area contributed by atoms with Crippen LogP contribution < -0.4 is 15.0 Å². The number of methoxy groups -OCH3 is 1. The number of hydrogen-bond acceptors (Lipinski definition) is 4. The molecule has 0 bridgehead atoms. The van der Waals surface area contributed by atoms with Crippen molar-refractivity contribution >= 4 is 11.4 Å². The van der Waals surface area contributed by atoms with E-state index in [0.29, 0.717) is 0 Å². The highest BCUT2D eigenvalue weighted by molar-refractivity contribution is 5.58. The third-order valence-electron chi connectivity index (χ3n) is 4.62. The van der Waals surface area contributed by atoms with Crippen molar-refractivity contribution < 1.29 is 9.13 Å². The van der Waals surface area contributed by atoms with Crippen LogP contribution in [-0.2, 0) is 0 Å². The summed E-state index contributed by atoms with van der Waals surface area (Å²) in [5.74, 6) is 0.748. The molecule has 1 heterocycles. The highest BCUT2D eigenvalue weighted by atomic mass is 19.1. The third kappa shape index (κ3) is 4.86. The standard InChI is InChI=1S/C20H26FN3O/c1-25-20-6-3-2-5-19(20)24-15-13-23(14-16-24)12-4-11-22-18-9-7-17(21)8-10-18/h2-3,5-10,22H,4,11-16H2,1H3. The Morgan fingerprint density at radius 2 is 1.72 bits per heavy atom. The fraction of sp³-hybridized carbons (Fsp3) is 0.400. The van der Waals surface area contributed by atoms with Crippen molar-refractivity contribution in [1.29, 1.82) is 0 Å². The molecule has 0 atom stereocenters. The minimum absolute atomic E-state index is 0.196. The first-order valence-corrected chi connectivity index (χ1v) is 8.86. The van der Waals surface area contributed by atoms with Crippen LogP contribution in [-0.4, -0.2) is 51.3 Å². The van der Waals surface area contributed by atoms with Crippen LogP contribution in [0.15, 0.2) is 48.5 Å². The molecule has 0 radical (unpaired) electrons. The molecule has 4 nitrogen and oxygen atoms in total. The molecule has 1 fully saturated rings. The molecule has 0 amide bonds. The van der Waals surface area contributed by atoms with Crippen molar-refractivity contribution in [3.8, 4) is 5.75 Å². The summed E-state index contributed by atoms with van der Waals surface area (Å²) in [4.78, 5) is 4.89. The number of rotatable bonds is 7. The largest absolute Gasteiger partial charge is 0.495 e. The fourth-order valence-electron chi connectivity index (χ4n) is 3.21. The second-order valence-electron chi connectivity index (χ2n) is 6.29. The molecule has 134 valence electrons. The maximum absolute atomic E-state index is 12.9. The molecule has 0 aliphatic carbocycles. The predicted molar refractivity (Wildman–Crippen MR) is 101 cm³/mol. The fourth-order valence-corrected chi connectivity index (χ4v) is 3.21. The first kappa shape index (κ1) is 17.5. The number of piperazine rings is 1. The Morgan fingerprint density at radius 3 is 2.44 bits per heavy atom. The van der Waals surface area contributed by atoms with Gasteiger partial charge in [-0.1, -0.05) is 12.1 Å². The normalized spacial score (nSPS) is 15.2. The monoisotopic (exact) mass is 343 g/mol. The lowest BCUT2D eigenvalue weighted by atomic mass is 10.2. The van der Waals surface area contributed by atoms with E-state index in [2.05, 4.69) is 27.2 Å². The Balaban J connectivity index is 1.38. The lowest BCUT2D eigenvalue weighted by Gasteiger charge is -2.36. The minimum atomic E-state index is -0.196. The van der Waals surface area contributed by atoms with Gasteiger partial charge in [-0.25, -0.2) is 4.39 Å². The quantitative estimate of drug-likeness (QED) is 0.779. The van der Waals surface area contributed by atoms with E-state index in [1.165, 1.54) is 17.8 Å². The zero-order valence-electron chi connectivity index (χ0n) is 14.7. The summed E-state index contributed by atoms with van der Waals surface area (Å²) in [6, 6.07) is 14.7. The van der Waals surface area contributed by atoms with Gasteiger partial charge < -0.3 is 15.0 Å². The summed E-state index contributed by atoms with van der Waals surface area (Å²) in [6.07, 6.45) is 1.08. The van der Waals surface area contributed by atoms with Crippen LogP contribution in [0.1, 0.15) is 6.42 Å². The smallest absolute Gasteiger partial charge is 0.142 e. The highest BCUT2D eigenvalue weighted by Gasteiger charge is 2.18. The molecule has 2 aromatic carbocycles. The topological polar surface area (TPSA) is 27.7 Å². The van der Waals surface area contributed by atoms with E-state index in [0.717, 1.165) is 57.1 Å². The van der Waals surface area contributed by atoms with Gasteiger partial charge in [-0.2, -0.15) is 0 Å². The molecule has 3 rings (SSSR count). The molecular weight excluding hydrogens is 317 g/mol. The Bertz CT molecular complexity index is 654. The maximum atomic E-state index is 12.9. The molecule has 1 N–H and O–H groups in total. The lowest BCUT2D eigenvalue weighted by Crippen LogP contribution is -2.46. The van der Waals surface area contributed by atoms with Crippen molar-refractivity contribution in [2.24, 2.45) is 0 Å². The van der Waals surface area contributed by atoms with Crippen LogP contribution in [0, 0.1) is 5.82 Å². The highest BCUT2D eigenvalue weighted by Crippen LogP contribution is 2.28.